The second-order valence-electron chi connectivity index (χ2n) is 13.2. The zero-order chi connectivity index (χ0) is 38.4. The van der Waals surface area contributed by atoms with Crippen molar-refractivity contribution in [3.63, 3.8) is 0 Å². The molecule has 14 heteroatoms. The van der Waals surface area contributed by atoms with E-state index in [0.29, 0.717) is 34.4 Å². The number of phenolic OH excluding ortho intramolecular Hbond substituents is 4. The van der Waals surface area contributed by atoms with Gasteiger partial charge < -0.3 is 20.4 Å². The van der Waals surface area contributed by atoms with Crippen LogP contribution in [0.25, 0.3) is 11.1 Å². The zero-order valence-corrected chi connectivity index (χ0v) is 31.1. The standard InChI is InChI=1S/C39H36O11S3/c1-21-9-25-13-29-17-33(52(45,46)47)19-31(38(29)43)15-27-11-24(22-3-5-23(6-4-22)35(40)7-8-51-2)12-28(37(27)42)16-32-20-34(53(48,49)50)18-30(39(32)44)14-26(10-21)36(25)41/h3-6,9-12,17-20,41-44H,7-8,13-16H2,1-2H3,(H,45,46,47)(H,48,49,50). The highest BCUT2D eigenvalue weighted by atomic mass is 32.2. The molecule has 11 nitrogen and oxygen atoms in total. The molecule has 8 bridgehead atoms. The first-order chi connectivity index (χ1) is 24.9. The molecule has 6 N–H and O–H groups in total. The van der Waals surface area contributed by atoms with Crippen molar-refractivity contribution in [3.05, 3.63) is 128 Å². The van der Waals surface area contributed by atoms with Crippen LogP contribution in [0.1, 0.15) is 66.8 Å². The fourth-order valence-electron chi connectivity index (χ4n) is 6.70. The van der Waals surface area contributed by atoms with E-state index in [0.717, 1.165) is 24.3 Å². The predicted octanol–water partition coefficient (Wildman–Crippen LogP) is 6.59. The summed E-state index contributed by atoms with van der Waals surface area (Å²) >= 11 is 1.56. The number of aryl methyl sites for hydroxylation is 1. The summed E-state index contributed by atoms with van der Waals surface area (Å²) in [5.74, 6) is -0.586. The van der Waals surface area contributed by atoms with Crippen LogP contribution in [0.2, 0.25) is 0 Å². The number of phenols is 4. The number of carbonyl (C=O) groups is 1. The first-order valence-electron chi connectivity index (χ1n) is 16.4. The maximum Gasteiger partial charge on any atom is 0.294 e. The first-order valence-corrected chi connectivity index (χ1v) is 20.6. The summed E-state index contributed by atoms with van der Waals surface area (Å²) in [6, 6.07) is 17.6. The van der Waals surface area contributed by atoms with Gasteiger partial charge in [0.2, 0.25) is 0 Å². The van der Waals surface area contributed by atoms with Crippen LogP contribution in [0.5, 0.6) is 23.0 Å². The molecule has 0 unspecified atom stereocenters. The van der Waals surface area contributed by atoms with Gasteiger partial charge in [-0.15, -0.1) is 0 Å². The third-order valence-corrected chi connectivity index (χ3v) is 11.6. The zero-order valence-electron chi connectivity index (χ0n) is 28.6. The Hall–Kier alpha value is -4.86. The summed E-state index contributed by atoms with van der Waals surface area (Å²) in [5.41, 5.74) is 3.38. The van der Waals surface area contributed by atoms with Gasteiger partial charge in [0, 0.05) is 65.7 Å². The van der Waals surface area contributed by atoms with Crippen LogP contribution in [-0.4, -0.2) is 64.2 Å². The second-order valence-corrected chi connectivity index (χ2v) is 17.0. The topological polar surface area (TPSA) is 207 Å². The lowest BCUT2D eigenvalue weighted by molar-refractivity contribution is 0.0989. The van der Waals surface area contributed by atoms with Crippen LogP contribution >= 0.6 is 11.8 Å². The molecular formula is C39H36O11S3. The number of carbonyl (C=O) groups excluding carboxylic acids is 1. The van der Waals surface area contributed by atoms with E-state index in [4.69, 9.17) is 0 Å². The molecule has 0 saturated heterocycles. The van der Waals surface area contributed by atoms with Crippen LogP contribution in [0, 0.1) is 6.92 Å². The van der Waals surface area contributed by atoms with Gasteiger partial charge >= 0.3 is 0 Å². The maximum atomic E-state index is 12.7. The number of Topliss-reactive ketones (excluding diaryl/α,β-unsaturated/α-hetero) is 1. The SMILES string of the molecule is CSCCC(=O)c1ccc(-c2cc3c(O)c(c2)Cc2cc(S(=O)(=O)O)cc(c2O)Cc2cc(C)cc(c2O)Cc2cc(S(=O)(=O)O)cc(c2O)C3)cc1. The lowest BCUT2D eigenvalue weighted by Gasteiger charge is -2.19. The fourth-order valence-corrected chi connectivity index (χ4v) is 8.26. The van der Waals surface area contributed by atoms with Gasteiger partial charge in [0.1, 0.15) is 23.0 Å². The number of thioether (sulfide) groups is 1. The highest BCUT2D eigenvalue weighted by Gasteiger charge is 2.25. The molecule has 1 aliphatic rings. The van der Waals surface area contributed by atoms with E-state index >= 15 is 0 Å². The van der Waals surface area contributed by atoms with Crippen molar-refractivity contribution < 1.29 is 51.2 Å². The molecule has 0 aromatic heterocycles. The molecule has 0 fully saturated rings. The van der Waals surface area contributed by atoms with Crippen LogP contribution in [0.4, 0.5) is 0 Å². The Balaban J connectivity index is 1.62. The second kappa shape index (κ2) is 14.5. The Kier molecular flexibility index (Phi) is 10.4. The highest BCUT2D eigenvalue weighted by Crippen LogP contribution is 2.41. The van der Waals surface area contributed by atoms with Crippen molar-refractivity contribution in [1.82, 2.24) is 0 Å². The molecule has 0 spiro atoms. The number of hydrogen-bond acceptors (Lipinski definition) is 10. The van der Waals surface area contributed by atoms with Crippen LogP contribution in [-0.2, 0) is 45.9 Å². The van der Waals surface area contributed by atoms with Gasteiger partial charge in [-0.3, -0.25) is 13.9 Å². The molecular weight excluding hydrogens is 741 g/mol. The summed E-state index contributed by atoms with van der Waals surface area (Å²) in [7, 11) is -9.56. The minimum atomic E-state index is -4.78. The molecule has 53 heavy (non-hydrogen) atoms. The van der Waals surface area contributed by atoms with Crippen molar-refractivity contribution in [2.75, 3.05) is 12.0 Å². The summed E-state index contributed by atoms with van der Waals surface area (Å²) in [5, 5.41) is 46.2. The predicted molar refractivity (Wildman–Crippen MR) is 201 cm³/mol. The quantitative estimate of drug-likeness (QED) is 0.0750. The molecule has 0 aliphatic heterocycles. The average molecular weight is 777 g/mol. The number of hydrogen-bond donors (Lipinski definition) is 6. The monoisotopic (exact) mass is 776 g/mol. The number of ketones is 1. The summed E-state index contributed by atoms with van der Waals surface area (Å²) < 4.78 is 70.0. The molecule has 5 aromatic rings. The Bertz CT molecular complexity index is 2370. The van der Waals surface area contributed by atoms with Crippen molar-refractivity contribution in [1.29, 1.82) is 0 Å². The van der Waals surface area contributed by atoms with Crippen molar-refractivity contribution in [2.45, 2.75) is 48.8 Å². The molecule has 1 aliphatic carbocycles. The van der Waals surface area contributed by atoms with Crippen molar-refractivity contribution in [2.24, 2.45) is 0 Å². The minimum absolute atomic E-state index is 0.0289. The molecule has 0 radical (unpaired) electrons. The summed E-state index contributed by atoms with van der Waals surface area (Å²) in [6.45, 7) is 1.73. The summed E-state index contributed by atoms with van der Waals surface area (Å²) in [6.07, 6.45) is 1.35. The fraction of sp³-hybridized carbons (Fsp3) is 0.205. The van der Waals surface area contributed by atoms with E-state index in [-0.39, 0.29) is 99.0 Å². The van der Waals surface area contributed by atoms with Gasteiger partial charge in [-0.2, -0.15) is 28.6 Å². The van der Waals surface area contributed by atoms with Gasteiger partial charge in [0.25, 0.3) is 20.2 Å². The average Bonchev–Trinajstić information content (AvgIpc) is 3.09. The van der Waals surface area contributed by atoms with Crippen molar-refractivity contribution >= 4 is 37.8 Å². The first kappa shape index (κ1) is 37.9. The number of aromatic hydroxyl groups is 4. The minimum Gasteiger partial charge on any atom is -0.507 e. The molecule has 0 heterocycles. The molecule has 0 atom stereocenters. The van der Waals surface area contributed by atoms with E-state index in [9.17, 15) is 51.2 Å². The van der Waals surface area contributed by atoms with Crippen LogP contribution < -0.4 is 0 Å². The molecule has 6 rings (SSSR count). The third-order valence-electron chi connectivity index (χ3n) is 9.36. The normalized spacial score (nSPS) is 13.1. The Morgan fingerprint density at radius 3 is 1.25 bits per heavy atom. The number of fused-ring (bicyclic) bond motifs is 8. The molecule has 0 amide bonds. The van der Waals surface area contributed by atoms with Gasteiger partial charge in [-0.05, 0) is 83.0 Å². The molecule has 276 valence electrons. The van der Waals surface area contributed by atoms with E-state index < -0.39 is 30.0 Å². The summed E-state index contributed by atoms with van der Waals surface area (Å²) in [4.78, 5) is 11.6. The van der Waals surface area contributed by atoms with Crippen molar-refractivity contribution in [3.8, 4) is 34.1 Å². The van der Waals surface area contributed by atoms with Crippen LogP contribution in [0.3, 0.4) is 0 Å². The number of benzene rings is 5. The highest BCUT2D eigenvalue weighted by molar-refractivity contribution is 7.98. The van der Waals surface area contributed by atoms with Gasteiger partial charge in [0.05, 0.1) is 9.79 Å². The van der Waals surface area contributed by atoms with Gasteiger partial charge in [-0.25, -0.2) is 0 Å². The largest absolute Gasteiger partial charge is 0.507 e. The Morgan fingerprint density at radius 1 is 0.566 bits per heavy atom. The van der Waals surface area contributed by atoms with Gasteiger partial charge in [-0.1, -0.05) is 42.0 Å². The van der Waals surface area contributed by atoms with E-state index in [1.54, 1.807) is 67.2 Å². The van der Waals surface area contributed by atoms with Gasteiger partial charge in [0.15, 0.2) is 5.78 Å². The lowest BCUT2D eigenvalue weighted by Crippen LogP contribution is -2.06. The smallest absolute Gasteiger partial charge is 0.294 e. The van der Waals surface area contributed by atoms with E-state index in [2.05, 4.69) is 0 Å². The third kappa shape index (κ3) is 8.06. The maximum absolute atomic E-state index is 12.7. The Labute approximate surface area is 311 Å². The molecule has 5 aromatic carbocycles. The number of rotatable bonds is 7. The lowest BCUT2D eigenvalue weighted by atomic mass is 9.89. The molecule has 0 saturated carbocycles. The van der Waals surface area contributed by atoms with E-state index in [1.807, 2.05) is 6.26 Å². The Morgan fingerprint density at radius 2 is 0.906 bits per heavy atom. The van der Waals surface area contributed by atoms with Crippen LogP contribution in [0.15, 0.2) is 82.6 Å². The van der Waals surface area contributed by atoms with E-state index in [1.165, 1.54) is 0 Å².